The number of ether oxygens (including phenoxy) is 1. The Bertz CT molecular complexity index is 380. The van der Waals surface area contributed by atoms with E-state index in [-0.39, 0.29) is 5.78 Å². The summed E-state index contributed by atoms with van der Waals surface area (Å²) >= 11 is 0. The molecule has 0 fully saturated rings. The molecule has 0 bridgehead atoms. The first-order valence-electron chi connectivity index (χ1n) is 5.02. The molecule has 0 spiro atoms. The van der Waals surface area contributed by atoms with Gasteiger partial charge in [0.1, 0.15) is 5.75 Å². The lowest BCUT2D eigenvalue weighted by molar-refractivity contribution is 0.0994. The summed E-state index contributed by atoms with van der Waals surface area (Å²) in [6.45, 7) is 4.67. The third-order valence-electron chi connectivity index (χ3n) is 2.75. The topological polar surface area (TPSA) is 26.3 Å². The van der Waals surface area contributed by atoms with Crippen molar-refractivity contribution >= 4 is 5.78 Å². The molecule has 14 heavy (non-hydrogen) atoms. The summed E-state index contributed by atoms with van der Waals surface area (Å²) in [6, 6.07) is 3.80. The maximum Gasteiger partial charge on any atom is 0.163 e. The van der Waals surface area contributed by atoms with Crippen molar-refractivity contribution in [2.24, 2.45) is 0 Å². The van der Waals surface area contributed by atoms with Gasteiger partial charge in [-0.1, -0.05) is 0 Å². The number of rotatable bonds is 2. The minimum absolute atomic E-state index is 0.270. The van der Waals surface area contributed by atoms with Gasteiger partial charge >= 0.3 is 0 Å². The van der Waals surface area contributed by atoms with Crippen molar-refractivity contribution in [1.29, 1.82) is 0 Å². The molecular formula is C12H14O2. The molecule has 0 heterocycles. The molecule has 2 nitrogen and oxygen atoms in total. The molecule has 0 aromatic heterocycles. The number of fused-ring (bicyclic) bond motifs is 1. The van der Waals surface area contributed by atoms with Crippen LogP contribution in [0.2, 0.25) is 0 Å². The molecule has 2 rings (SSSR count). The lowest BCUT2D eigenvalue weighted by atomic mass is 10.0. The standard InChI is InChI=1S/C12H14O2/c1-3-14-12-7-5-10-9(8(12)2)4-6-11(10)13/h5,7H,3-4,6H2,1-2H3. The minimum Gasteiger partial charge on any atom is -0.494 e. The molecule has 1 aliphatic rings. The van der Waals surface area contributed by atoms with E-state index >= 15 is 0 Å². The number of ketones is 1. The number of hydrogen-bond acceptors (Lipinski definition) is 2. The highest BCUT2D eigenvalue weighted by Gasteiger charge is 2.22. The fourth-order valence-corrected chi connectivity index (χ4v) is 2.00. The largest absolute Gasteiger partial charge is 0.494 e. The number of benzene rings is 1. The minimum atomic E-state index is 0.270. The molecule has 0 radical (unpaired) electrons. The number of Topliss-reactive ketones (excluding diaryl/α,β-unsaturated/α-hetero) is 1. The second-order valence-electron chi connectivity index (χ2n) is 3.57. The molecule has 1 aliphatic carbocycles. The van der Waals surface area contributed by atoms with E-state index in [9.17, 15) is 4.79 Å². The van der Waals surface area contributed by atoms with E-state index in [1.54, 1.807) is 0 Å². The van der Waals surface area contributed by atoms with Crippen LogP contribution in [0, 0.1) is 6.92 Å². The first-order valence-corrected chi connectivity index (χ1v) is 5.02. The van der Waals surface area contributed by atoms with Gasteiger partial charge in [0, 0.05) is 12.0 Å². The van der Waals surface area contributed by atoms with Crippen LogP contribution in [0.1, 0.15) is 34.8 Å². The average Bonchev–Trinajstić information content (AvgIpc) is 2.54. The normalized spacial score (nSPS) is 14.3. The van der Waals surface area contributed by atoms with Crippen molar-refractivity contribution in [3.8, 4) is 5.75 Å². The number of carbonyl (C=O) groups is 1. The number of carbonyl (C=O) groups excluding carboxylic acids is 1. The Morgan fingerprint density at radius 2 is 2.14 bits per heavy atom. The first kappa shape index (κ1) is 9.25. The van der Waals surface area contributed by atoms with Crippen molar-refractivity contribution in [3.05, 3.63) is 28.8 Å². The van der Waals surface area contributed by atoms with Gasteiger partial charge in [0.05, 0.1) is 6.61 Å². The van der Waals surface area contributed by atoms with Crippen molar-refractivity contribution in [1.82, 2.24) is 0 Å². The third-order valence-corrected chi connectivity index (χ3v) is 2.75. The molecular weight excluding hydrogens is 176 g/mol. The summed E-state index contributed by atoms with van der Waals surface area (Å²) in [6.07, 6.45) is 1.53. The Labute approximate surface area is 83.9 Å². The molecule has 0 aliphatic heterocycles. The van der Waals surface area contributed by atoms with E-state index in [1.165, 1.54) is 5.56 Å². The van der Waals surface area contributed by atoms with Crippen LogP contribution in [0.3, 0.4) is 0 Å². The van der Waals surface area contributed by atoms with Gasteiger partial charge in [-0.05, 0) is 43.5 Å². The SMILES string of the molecule is CCOc1ccc2c(c1C)CCC2=O. The van der Waals surface area contributed by atoms with Gasteiger partial charge in [-0.2, -0.15) is 0 Å². The smallest absolute Gasteiger partial charge is 0.163 e. The molecule has 1 aromatic carbocycles. The zero-order chi connectivity index (χ0) is 10.1. The van der Waals surface area contributed by atoms with Gasteiger partial charge < -0.3 is 4.74 Å². The fourth-order valence-electron chi connectivity index (χ4n) is 2.00. The highest BCUT2D eigenvalue weighted by Crippen LogP contribution is 2.31. The van der Waals surface area contributed by atoms with Crippen molar-refractivity contribution in [3.63, 3.8) is 0 Å². The molecule has 0 saturated carbocycles. The molecule has 0 unspecified atom stereocenters. The molecule has 0 N–H and O–H groups in total. The second kappa shape index (κ2) is 3.45. The van der Waals surface area contributed by atoms with Gasteiger partial charge in [-0.15, -0.1) is 0 Å². The average molecular weight is 190 g/mol. The van der Waals surface area contributed by atoms with Crippen LogP contribution in [0.25, 0.3) is 0 Å². The summed E-state index contributed by atoms with van der Waals surface area (Å²) in [5.41, 5.74) is 3.21. The second-order valence-corrected chi connectivity index (χ2v) is 3.57. The highest BCUT2D eigenvalue weighted by molar-refractivity contribution is 6.01. The van der Waals surface area contributed by atoms with E-state index < -0.39 is 0 Å². The monoisotopic (exact) mass is 190 g/mol. The van der Waals surface area contributed by atoms with Crippen molar-refractivity contribution in [2.75, 3.05) is 6.61 Å². The van der Waals surface area contributed by atoms with Crippen LogP contribution in [0.4, 0.5) is 0 Å². The summed E-state index contributed by atoms with van der Waals surface area (Å²) in [5.74, 6) is 1.19. The quantitative estimate of drug-likeness (QED) is 0.716. The molecule has 0 amide bonds. The Morgan fingerprint density at radius 1 is 1.36 bits per heavy atom. The van der Waals surface area contributed by atoms with Crippen LogP contribution in [0.5, 0.6) is 5.75 Å². The maximum absolute atomic E-state index is 11.4. The number of hydrogen-bond donors (Lipinski definition) is 0. The molecule has 2 heteroatoms. The zero-order valence-corrected chi connectivity index (χ0v) is 8.59. The lowest BCUT2D eigenvalue weighted by Gasteiger charge is -2.10. The third kappa shape index (κ3) is 1.31. The van der Waals surface area contributed by atoms with Crippen molar-refractivity contribution < 1.29 is 9.53 Å². The van der Waals surface area contributed by atoms with Crippen LogP contribution < -0.4 is 4.74 Å². The van der Waals surface area contributed by atoms with E-state index in [0.717, 1.165) is 23.3 Å². The van der Waals surface area contributed by atoms with Gasteiger partial charge in [-0.3, -0.25) is 4.79 Å². The molecule has 0 atom stereocenters. The molecule has 0 saturated heterocycles. The predicted molar refractivity (Wildman–Crippen MR) is 55.0 cm³/mol. The summed E-state index contributed by atoms with van der Waals surface area (Å²) in [4.78, 5) is 11.4. The van der Waals surface area contributed by atoms with Gasteiger partial charge in [0.25, 0.3) is 0 Å². The predicted octanol–water partition coefficient (Wildman–Crippen LogP) is 2.52. The molecule has 74 valence electrons. The van der Waals surface area contributed by atoms with E-state index in [4.69, 9.17) is 4.74 Å². The Balaban J connectivity index is 2.47. The van der Waals surface area contributed by atoms with Crippen LogP contribution in [-0.2, 0) is 6.42 Å². The van der Waals surface area contributed by atoms with Crippen LogP contribution in [0.15, 0.2) is 12.1 Å². The lowest BCUT2D eigenvalue weighted by Crippen LogP contribution is -1.98. The van der Waals surface area contributed by atoms with Crippen LogP contribution >= 0.6 is 0 Å². The Kier molecular flexibility index (Phi) is 2.28. The van der Waals surface area contributed by atoms with Crippen LogP contribution in [-0.4, -0.2) is 12.4 Å². The van der Waals surface area contributed by atoms with E-state index in [0.29, 0.717) is 13.0 Å². The zero-order valence-electron chi connectivity index (χ0n) is 8.59. The van der Waals surface area contributed by atoms with Gasteiger partial charge in [0.2, 0.25) is 0 Å². The van der Waals surface area contributed by atoms with Gasteiger partial charge in [0.15, 0.2) is 5.78 Å². The van der Waals surface area contributed by atoms with E-state index in [2.05, 4.69) is 0 Å². The summed E-state index contributed by atoms with van der Waals surface area (Å²) in [5, 5.41) is 0. The van der Waals surface area contributed by atoms with Gasteiger partial charge in [-0.25, -0.2) is 0 Å². The van der Waals surface area contributed by atoms with Crippen molar-refractivity contribution in [2.45, 2.75) is 26.7 Å². The fraction of sp³-hybridized carbons (Fsp3) is 0.417. The molecule has 1 aromatic rings. The Hall–Kier alpha value is -1.31. The first-order chi connectivity index (χ1) is 6.74. The maximum atomic E-state index is 11.4. The summed E-state index contributed by atoms with van der Waals surface area (Å²) < 4.78 is 5.49. The Morgan fingerprint density at radius 3 is 2.86 bits per heavy atom. The summed E-state index contributed by atoms with van der Waals surface area (Å²) in [7, 11) is 0. The highest BCUT2D eigenvalue weighted by atomic mass is 16.5. The van der Waals surface area contributed by atoms with E-state index in [1.807, 2.05) is 26.0 Å².